The maximum Gasteiger partial charge on any atom is 0.347 e. The van der Waals surface area contributed by atoms with E-state index in [9.17, 15) is 14.4 Å². The lowest BCUT2D eigenvalue weighted by Crippen LogP contribution is -2.27. The molecule has 0 aromatic heterocycles. The molecule has 0 aliphatic carbocycles. The summed E-state index contributed by atoms with van der Waals surface area (Å²) in [6.45, 7) is 5.22. The Labute approximate surface area is 111 Å². The molecule has 0 aliphatic rings. The Morgan fingerprint density at radius 1 is 1.26 bits per heavy atom. The number of aliphatic carboxylic acids is 1. The molecular weight excluding hydrogens is 256 g/mol. The standard InChI is InChI=1S/C12H18O7/c1-8(7-10(13)14)11(15)19-9(2)12(16)18-6-4-5-17-3/h9H,1,4-7H2,2-3H3,(H,13,14). The Balaban J connectivity index is 4.03. The molecule has 1 atom stereocenters. The maximum atomic E-state index is 11.4. The van der Waals surface area contributed by atoms with Gasteiger partial charge >= 0.3 is 17.9 Å². The van der Waals surface area contributed by atoms with E-state index in [0.29, 0.717) is 13.0 Å². The second kappa shape index (κ2) is 9.09. The number of hydrogen-bond acceptors (Lipinski definition) is 6. The fourth-order valence-electron chi connectivity index (χ4n) is 1.04. The minimum absolute atomic E-state index is 0.157. The Kier molecular flexibility index (Phi) is 8.19. The van der Waals surface area contributed by atoms with E-state index in [1.807, 2.05) is 0 Å². The number of rotatable bonds is 9. The average molecular weight is 274 g/mol. The van der Waals surface area contributed by atoms with Gasteiger partial charge in [0.15, 0.2) is 6.10 Å². The third kappa shape index (κ3) is 7.93. The lowest BCUT2D eigenvalue weighted by Gasteiger charge is -2.13. The molecule has 7 heteroatoms. The van der Waals surface area contributed by atoms with Crippen molar-refractivity contribution in [1.29, 1.82) is 0 Å². The highest BCUT2D eigenvalue weighted by atomic mass is 16.6. The minimum atomic E-state index is -1.20. The van der Waals surface area contributed by atoms with Crippen molar-refractivity contribution in [3.05, 3.63) is 12.2 Å². The molecule has 0 saturated heterocycles. The van der Waals surface area contributed by atoms with Gasteiger partial charge in [-0.25, -0.2) is 9.59 Å². The molecule has 108 valence electrons. The van der Waals surface area contributed by atoms with E-state index in [-0.39, 0.29) is 12.2 Å². The van der Waals surface area contributed by atoms with Crippen molar-refractivity contribution in [2.75, 3.05) is 20.3 Å². The fourth-order valence-corrected chi connectivity index (χ4v) is 1.04. The van der Waals surface area contributed by atoms with E-state index >= 15 is 0 Å². The quantitative estimate of drug-likeness (QED) is 0.372. The maximum absolute atomic E-state index is 11.4. The number of hydrogen-bond donors (Lipinski definition) is 1. The topological polar surface area (TPSA) is 99.1 Å². The van der Waals surface area contributed by atoms with Crippen molar-refractivity contribution >= 4 is 17.9 Å². The predicted molar refractivity (Wildman–Crippen MR) is 64.4 cm³/mol. The molecule has 0 aliphatic heterocycles. The van der Waals surface area contributed by atoms with Crippen molar-refractivity contribution in [2.45, 2.75) is 25.9 Å². The van der Waals surface area contributed by atoms with Crippen LogP contribution in [0.3, 0.4) is 0 Å². The highest BCUT2D eigenvalue weighted by molar-refractivity contribution is 5.94. The number of esters is 2. The smallest absolute Gasteiger partial charge is 0.347 e. The lowest BCUT2D eigenvalue weighted by molar-refractivity contribution is -0.164. The molecule has 0 bridgehead atoms. The summed E-state index contributed by atoms with van der Waals surface area (Å²) in [7, 11) is 1.53. The normalized spacial score (nSPS) is 11.5. The monoisotopic (exact) mass is 274 g/mol. The molecule has 1 unspecified atom stereocenters. The van der Waals surface area contributed by atoms with Gasteiger partial charge in [-0.2, -0.15) is 0 Å². The van der Waals surface area contributed by atoms with Crippen molar-refractivity contribution < 1.29 is 33.7 Å². The molecule has 19 heavy (non-hydrogen) atoms. The SMILES string of the molecule is C=C(CC(=O)O)C(=O)OC(C)C(=O)OCCCOC. The molecule has 0 radical (unpaired) electrons. The Bertz CT molecular complexity index is 348. The molecule has 0 spiro atoms. The summed E-state index contributed by atoms with van der Waals surface area (Å²) in [5.41, 5.74) is -0.230. The second-order valence-electron chi connectivity index (χ2n) is 3.74. The van der Waals surface area contributed by atoms with E-state index in [4.69, 9.17) is 19.3 Å². The van der Waals surface area contributed by atoms with Crippen LogP contribution in [0.1, 0.15) is 19.8 Å². The minimum Gasteiger partial charge on any atom is -0.481 e. The van der Waals surface area contributed by atoms with Crippen LogP contribution in [0.25, 0.3) is 0 Å². The van der Waals surface area contributed by atoms with Crippen LogP contribution in [-0.2, 0) is 28.6 Å². The van der Waals surface area contributed by atoms with Crippen LogP contribution in [0.15, 0.2) is 12.2 Å². The highest BCUT2D eigenvalue weighted by Gasteiger charge is 2.21. The fraction of sp³-hybridized carbons (Fsp3) is 0.583. The van der Waals surface area contributed by atoms with Crippen molar-refractivity contribution in [3.8, 4) is 0 Å². The molecule has 0 rings (SSSR count). The van der Waals surface area contributed by atoms with Gasteiger partial charge in [0.05, 0.1) is 13.0 Å². The van der Waals surface area contributed by atoms with Gasteiger partial charge in [-0.3, -0.25) is 4.79 Å². The van der Waals surface area contributed by atoms with E-state index in [1.165, 1.54) is 14.0 Å². The van der Waals surface area contributed by atoms with Gasteiger partial charge in [0, 0.05) is 25.7 Å². The van der Waals surface area contributed by atoms with Crippen molar-refractivity contribution in [1.82, 2.24) is 0 Å². The third-order valence-corrected chi connectivity index (χ3v) is 2.01. The van der Waals surface area contributed by atoms with Crippen LogP contribution in [0, 0.1) is 0 Å². The van der Waals surface area contributed by atoms with E-state index in [0.717, 1.165) is 0 Å². The second-order valence-corrected chi connectivity index (χ2v) is 3.74. The summed E-state index contributed by atoms with van der Waals surface area (Å²) in [6, 6.07) is 0. The molecule has 0 fully saturated rings. The number of carbonyl (C=O) groups excluding carboxylic acids is 2. The molecular formula is C12H18O7. The van der Waals surface area contributed by atoms with Crippen molar-refractivity contribution in [3.63, 3.8) is 0 Å². The number of carboxylic acids is 1. The highest BCUT2D eigenvalue weighted by Crippen LogP contribution is 2.05. The predicted octanol–water partition coefficient (Wildman–Crippen LogP) is 0.529. The zero-order chi connectivity index (χ0) is 14.8. The summed E-state index contributed by atoms with van der Waals surface area (Å²) in [5.74, 6) is -2.83. The first-order chi connectivity index (χ1) is 8.88. The van der Waals surface area contributed by atoms with Gasteiger partial charge in [0.25, 0.3) is 0 Å². The first kappa shape index (κ1) is 17.1. The van der Waals surface area contributed by atoms with Crippen molar-refractivity contribution in [2.24, 2.45) is 0 Å². The molecule has 0 saturated carbocycles. The molecule has 1 N–H and O–H groups in total. The van der Waals surface area contributed by atoms with Gasteiger partial charge in [-0.15, -0.1) is 0 Å². The first-order valence-electron chi connectivity index (χ1n) is 5.64. The number of carbonyl (C=O) groups is 3. The molecule has 7 nitrogen and oxygen atoms in total. The van der Waals surface area contributed by atoms with Crippen LogP contribution in [-0.4, -0.2) is 49.4 Å². The van der Waals surface area contributed by atoms with E-state index in [2.05, 4.69) is 6.58 Å². The average Bonchev–Trinajstić information content (AvgIpc) is 2.33. The Hall–Kier alpha value is -1.89. The first-order valence-corrected chi connectivity index (χ1v) is 5.64. The summed E-state index contributed by atoms with van der Waals surface area (Å²) in [5, 5.41) is 8.47. The molecule has 0 heterocycles. The number of carboxylic acid groups (broad SMARTS) is 1. The summed E-state index contributed by atoms with van der Waals surface area (Å²) in [4.78, 5) is 33.1. The van der Waals surface area contributed by atoms with Crippen LogP contribution in [0.5, 0.6) is 0 Å². The van der Waals surface area contributed by atoms with Crippen LogP contribution in [0.4, 0.5) is 0 Å². The van der Waals surface area contributed by atoms with Crippen LogP contribution >= 0.6 is 0 Å². The number of methoxy groups -OCH3 is 1. The summed E-state index contributed by atoms with van der Waals surface area (Å²) < 4.78 is 14.3. The zero-order valence-electron chi connectivity index (χ0n) is 11.0. The number of ether oxygens (including phenoxy) is 3. The zero-order valence-corrected chi connectivity index (χ0v) is 11.0. The Morgan fingerprint density at radius 3 is 2.42 bits per heavy atom. The summed E-state index contributed by atoms with van der Waals surface area (Å²) in [6.07, 6.45) is -1.11. The van der Waals surface area contributed by atoms with E-state index < -0.39 is 30.4 Å². The van der Waals surface area contributed by atoms with Gasteiger partial charge in [0.2, 0.25) is 0 Å². The van der Waals surface area contributed by atoms with Gasteiger partial charge in [-0.05, 0) is 6.92 Å². The van der Waals surface area contributed by atoms with Crippen LogP contribution in [0.2, 0.25) is 0 Å². The molecule has 0 aromatic rings. The van der Waals surface area contributed by atoms with Gasteiger partial charge in [-0.1, -0.05) is 6.58 Å². The Morgan fingerprint density at radius 2 is 1.89 bits per heavy atom. The van der Waals surface area contributed by atoms with Crippen LogP contribution < -0.4 is 0 Å². The largest absolute Gasteiger partial charge is 0.481 e. The lowest BCUT2D eigenvalue weighted by atomic mass is 10.2. The van der Waals surface area contributed by atoms with Gasteiger partial charge < -0.3 is 19.3 Å². The molecule has 0 amide bonds. The van der Waals surface area contributed by atoms with E-state index in [1.54, 1.807) is 0 Å². The molecule has 0 aromatic carbocycles. The summed E-state index contributed by atoms with van der Waals surface area (Å²) >= 11 is 0. The third-order valence-electron chi connectivity index (χ3n) is 2.01. The van der Waals surface area contributed by atoms with Gasteiger partial charge in [0.1, 0.15) is 0 Å².